The summed E-state index contributed by atoms with van der Waals surface area (Å²) in [6.07, 6.45) is 0. The van der Waals surface area contributed by atoms with Gasteiger partial charge in [-0.05, 0) is 395 Å². The Morgan fingerprint density at radius 2 is 0.200 bits per heavy atom. The lowest BCUT2D eigenvalue weighted by atomic mass is 9.90. The van der Waals surface area contributed by atoms with Crippen molar-refractivity contribution in [3.05, 3.63) is 231 Å². The van der Waals surface area contributed by atoms with Gasteiger partial charge >= 0.3 is 0 Å². The van der Waals surface area contributed by atoms with E-state index in [0.29, 0.717) is 0 Å². The van der Waals surface area contributed by atoms with Crippen LogP contribution >= 0.6 is 0 Å². The van der Waals surface area contributed by atoms with E-state index in [9.17, 15) is 0 Å². The Hall–Kier alpha value is -7.93. The molecule has 0 fully saturated rings. The number of rotatable bonds is 0. The van der Waals surface area contributed by atoms with Crippen LogP contribution in [-0.4, -0.2) is 65.0 Å². The van der Waals surface area contributed by atoms with Crippen molar-refractivity contribution in [3.8, 4) is 0 Å². The lowest BCUT2D eigenvalue weighted by Gasteiger charge is -2.15. The van der Waals surface area contributed by atoms with Gasteiger partial charge < -0.3 is 0 Å². The van der Waals surface area contributed by atoms with Crippen molar-refractivity contribution in [3.63, 3.8) is 0 Å². The number of aryl methyl sites for hydroxylation is 21. The summed E-state index contributed by atoms with van der Waals surface area (Å²) in [6.45, 7) is 84.9. The van der Waals surface area contributed by atoms with Crippen LogP contribution in [0.15, 0.2) is 0 Å². The molecule has 0 spiro atoms. The van der Waals surface area contributed by atoms with Crippen molar-refractivity contribution in [1.29, 1.82) is 0 Å². The predicted octanol–water partition coefficient (Wildman–Crippen LogP) is 20.0. The van der Waals surface area contributed by atoms with Crippen LogP contribution in [0.5, 0.6) is 0 Å². The first-order valence-electron chi connectivity index (χ1n) is 33.3. The highest BCUT2D eigenvalue weighted by Gasteiger charge is 2.10. The summed E-state index contributed by atoms with van der Waals surface area (Å²) in [5.74, 6) is 2.59. The summed E-state index contributed by atoms with van der Waals surface area (Å²) in [6, 6.07) is 0. The van der Waals surface area contributed by atoms with Crippen LogP contribution in [0.3, 0.4) is 0 Å². The lowest BCUT2D eigenvalue weighted by Crippen LogP contribution is -1.98. The van der Waals surface area contributed by atoms with Crippen molar-refractivity contribution in [1.82, 2.24) is 65.0 Å². The zero-order chi connectivity index (χ0) is 73.9. The van der Waals surface area contributed by atoms with Gasteiger partial charge in [-0.1, -0.05) is 0 Å². The van der Waals surface area contributed by atoms with Gasteiger partial charge in [-0.15, -0.1) is 0 Å². The zero-order valence-corrected chi connectivity index (χ0v) is 67.3. The highest BCUT2D eigenvalue weighted by molar-refractivity contribution is 5.49. The Morgan fingerprint density at radius 1 is 0.0947 bits per heavy atom. The molecule has 0 amide bonds. The third-order valence-corrected chi connectivity index (χ3v) is 20.0. The maximum absolute atomic E-state index is 4.43. The summed E-state index contributed by atoms with van der Waals surface area (Å²) < 4.78 is 0. The fourth-order valence-electron chi connectivity index (χ4n) is 9.91. The topological polar surface area (TPSA) is 168 Å². The van der Waals surface area contributed by atoms with Crippen LogP contribution in [-0.2, 0) is 0 Å². The van der Waals surface area contributed by atoms with E-state index in [2.05, 4.69) is 224 Å². The van der Waals surface area contributed by atoms with Crippen molar-refractivity contribution in [2.75, 3.05) is 0 Å². The highest BCUT2D eigenvalue weighted by Crippen LogP contribution is 2.25. The number of pyridine rings is 3. The molecular formula is C82H123N13. The van der Waals surface area contributed by atoms with Gasteiger partial charge in [0.15, 0.2) is 0 Å². The van der Waals surface area contributed by atoms with Crippen molar-refractivity contribution >= 4 is 0 Å². The summed E-state index contributed by atoms with van der Waals surface area (Å²) >= 11 is 0. The molecule has 516 valence electrons. The number of hydrogen-bond donors (Lipinski definition) is 0. The molecule has 0 N–H and O–H groups in total. The van der Waals surface area contributed by atoms with Gasteiger partial charge in [-0.2, -0.15) is 10.2 Å². The number of benzene rings is 1. The molecular weight excluding hydrogens is 1170 g/mol. The number of nitrogens with zero attached hydrogens (tertiary/aromatic N) is 13. The lowest BCUT2D eigenvalue weighted by molar-refractivity contribution is 0.905. The van der Waals surface area contributed by atoms with Gasteiger partial charge in [0.25, 0.3) is 0 Å². The minimum absolute atomic E-state index is 0.862. The van der Waals surface area contributed by atoms with E-state index in [0.717, 1.165) is 120 Å². The average molecular weight is 1290 g/mol. The minimum Gasteiger partial charge on any atom is -0.258 e. The predicted molar refractivity (Wildman–Crippen MR) is 404 cm³/mol. The van der Waals surface area contributed by atoms with Crippen LogP contribution in [0, 0.1) is 284 Å². The molecule has 0 atom stereocenters. The molecule has 9 rings (SSSR count). The number of hydrogen-bond acceptors (Lipinski definition) is 13. The van der Waals surface area contributed by atoms with Gasteiger partial charge in [0, 0.05) is 68.3 Å². The number of aromatic nitrogens is 13. The van der Waals surface area contributed by atoms with Gasteiger partial charge in [0.1, 0.15) is 17.5 Å². The zero-order valence-electron chi connectivity index (χ0n) is 67.3. The molecule has 8 aromatic heterocycles. The van der Waals surface area contributed by atoms with E-state index >= 15 is 0 Å². The third kappa shape index (κ3) is 24.7. The molecule has 0 aliphatic carbocycles. The molecule has 0 saturated carbocycles. The summed E-state index contributed by atoms with van der Waals surface area (Å²) in [4.78, 5) is 47.3. The SMILES string of the molecule is Cc1c(C)c(C)c(C)c(C)c1C.Cc1nc(C)c(C)c(C)c1C.Cc1nc(C)c(C)c(C)c1C.Cc1nc(C)c(C)c(C)c1C.Cc1nc(C)c(C)c(C)n1.Cc1nc(C)c(C)c(C)n1.Cc1nc(C)c(C)c(C)n1.Cc1nc(C)c(C)nc1C.Cc1nnc(C)c(C)c1C. The third-order valence-electron chi connectivity index (χ3n) is 20.0. The Kier molecular flexibility index (Phi) is 34.0. The molecule has 95 heavy (non-hydrogen) atoms. The van der Waals surface area contributed by atoms with Crippen molar-refractivity contribution < 1.29 is 0 Å². The van der Waals surface area contributed by atoms with Crippen molar-refractivity contribution in [2.24, 2.45) is 0 Å². The van der Waals surface area contributed by atoms with Crippen LogP contribution in [0.4, 0.5) is 0 Å². The van der Waals surface area contributed by atoms with E-state index in [1.165, 1.54) is 111 Å². The molecule has 8 heterocycles. The van der Waals surface area contributed by atoms with Gasteiger partial charge in [0.2, 0.25) is 0 Å². The largest absolute Gasteiger partial charge is 0.258 e. The fraction of sp³-hybridized carbons (Fsp3) is 0.500. The highest BCUT2D eigenvalue weighted by atomic mass is 15.1. The van der Waals surface area contributed by atoms with E-state index in [1.54, 1.807) is 0 Å². The van der Waals surface area contributed by atoms with E-state index in [1.807, 2.05) is 125 Å². The fourth-order valence-corrected chi connectivity index (χ4v) is 9.91. The monoisotopic (exact) mass is 1290 g/mol. The average Bonchev–Trinajstić information content (AvgIpc) is 0.903. The Morgan fingerprint density at radius 3 is 0.347 bits per heavy atom. The standard InChI is InChI=1S/C12H18.3C10H15N.5C8H12N2/c1-7-8(2)10(4)12(6)11(5)9(7)3;3*1-6-7(2)9(4)11-10(5)8(6)3;1-5-6(2)10-8(4)7(3)9-5;3*1-5-6(2)9-8(4)10-7(5)3;1-5-6(2)8(4)10-9-7(5)3/h1-6H3;3*1-5H3;5*1-4H3. The summed E-state index contributed by atoms with van der Waals surface area (Å²) in [7, 11) is 0. The minimum atomic E-state index is 0.862. The van der Waals surface area contributed by atoms with Gasteiger partial charge in [0.05, 0.1) is 34.2 Å². The van der Waals surface area contributed by atoms with E-state index in [-0.39, 0.29) is 0 Å². The second-order valence-electron chi connectivity index (χ2n) is 26.1. The summed E-state index contributed by atoms with van der Waals surface area (Å²) in [5, 5.41) is 7.98. The molecule has 0 bridgehead atoms. The molecule has 0 aliphatic rings. The van der Waals surface area contributed by atoms with Crippen LogP contribution in [0.2, 0.25) is 0 Å². The van der Waals surface area contributed by atoms with Gasteiger partial charge in [-0.25, -0.2) is 29.9 Å². The molecule has 0 radical (unpaired) electrons. The molecule has 1 aromatic carbocycles. The second kappa shape index (κ2) is 38.0. The molecule has 13 nitrogen and oxygen atoms in total. The normalized spacial score (nSPS) is 10.2. The van der Waals surface area contributed by atoms with Crippen LogP contribution in [0.1, 0.15) is 231 Å². The van der Waals surface area contributed by atoms with E-state index < -0.39 is 0 Å². The Bertz CT molecular complexity index is 3520. The maximum Gasteiger partial charge on any atom is 0.125 e. The quantitative estimate of drug-likeness (QED) is 0.141. The first kappa shape index (κ1) is 85.1. The summed E-state index contributed by atoms with van der Waals surface area (Å²) in [5.41, 5.74) is 46.6. The van der Waals surface area contributed by atoms with Crippen LogP contribution < -0.4 is 0 Å². The first-order chi connectivity index (χ1) is 43.6. The van der Waals surface area contributed by atoms with E-state index in [4.69, 9.17) is 0 Å². The molecule has 0 saturated heterocycles. The maximum atomic E-state index is 4.43. The van der Waals surface area contributed by atoms with Crippen molar-refractivity contribution in [2.45, 2.75) is 284 Å². The molecule has 0 aliphatic heterocycles. The second-order valence-corrected chi connectivity index (χ2v) is 26.1. The Balaban J connectivity index is 0.000000535. The molecule has 13 heteroatoms. The van der Waals surface area contributed by atoms with Crippen LogP contribution in [0.25, 0.3) is 0 Å². The molecule has 0 unspecified atom stereocenters. The molecule has 9 aromatic rings. The first-order valence-corrected chi connectivity index (χ1v) is 33.3. The van der Waals surface area contributed by atoms with Gasteiger partial charge in [-0.3, -0.25) is 24.9 Å². The Labute approximate surface area is 577 Å². The smallest absolute Gasteiger partial charge is 0.125 e.